The average molecular weight is 263 g/mol. The van der Waals surface area contributed by atoms with Crippen LogP contribution in [0.15, 0.2) is 24.3 Å². The van der Waals surface area contributed by atoms with Gasteiger partial charge in [0.25, 0.3) is 11.8 Å². The Bertz CT molecular complexity index is 512. The zero-order valence-electron chi connectivity index (χ0n) is 10.2. The van der Waals surface area contributed by atoms with Gasteiger partial charge in [0, 0.05) is 7.05 Å². The van der Waals surface area contributed by atoms with Crippen LogP contribution in [0.3, 0.4) is 0 Å². The molecule has 100 valence electrons. The average Bonchev–Trinajstić information content (AvgIpc) is 2.75. The highest BCUT2D eigenvalue weighted by Gasteiger charge is 2.30. The summed E-state index contributed by atoms with van der Waals surface area (Å²) in [5, 5.41) is 7.09. The summed E-state index contributed by atoms with van der Waals surface area (Å²) in [4.78, 5) is 33.5. The first-order valence-corrected chi connectivity index (χ1v) is 5.65. The molecule has 1 aliphatic rings. The zero-order chi connectivity index (χ0) is 13.8. The predicted octanol–water partition coefficient (Wildman–Crippen LogP) is -0.308. The van der Waals surface area contributed by atoms with Crippen molar-refractivity contribution in [1.82, 2.24) is 16.0 Å². The van der Waals surface area contributed by atoms with Gasteiger partial charge in [-0.05, 0) is 17.7 Å². The SMILES string of the molecule is CNC(=O)COc1ccc([C@H]2NC(=O)NC2=O)cc1. The van der Waals surface area contributed by atoms with E-state index < -0.39 is 12.1 Å². The lowest BCUT2D eigenvalue weighted by Gasteiger charge is -2.09. The van der Waals surface area contributed by atoms with Crippen LogP contribution in [-0.2, 0) is 9.59 Å². The molecule has 0 radical (unpaired) electrons. The lowest BCUT2D eigenvalue weighted by molar-refractivity contribution is -0.122. The lowest BCUT2D eigenvalue weighted by Crippen LogP contribution is -2.24. The molecular weight excluding hydrogens is 250 g/mol. The second kappa shape index (κ2) is 5.38. The molecule has 0 unspecified atom stereocenters. The summed E-state index contributed by atoms with van der Waals surface area (Å²) in [5.74, 6) is -0.104. The maximum atomic E-state index is 11.4. The lowest BCUT2D eigenvalue weighted by atomic mass is 10.1. The molecule has 0 saturated carbocycles. The van der Waals surface area contributed by atoms with Crippen LogP contribution in [0.2, 0.25) is 0 Å². The summed E-state index contributed by atoms with van der Waals surface area (Å²) < 4.78 is 5.22. The molecule has 7 heteroatoms. The number of carbonyl (C=O) groups is 3. The largest absolute Gasteiger partial charge is 0.484 e. The molecule has 1 fully saturated rings. The minimum absolute atomic E-state index is 0.0729. The number of hydrogen-bond acceptors (Lipinski definition) is 4. The standard InChI is InChI=1S/C12H13N3O4/c1-13-9(16)6-19-8-4-2-7(3-5-8)10-11(17)15-12(18)14-10/h2-5,10H,6H2,1H3,(H,13,16)(H2,14,15,17,18)/t10-/m1/s1. The number of likely N-dealkylation sites (N-methyl/N-ethyl adjacent to an activating group) is 1. The minimum atomic E-state index is -0.680. The fourth-order valence-electron chi connectivity index (χ4n) is 1.63. The van der Waals surface area contributed by atoms with Crippen LogP contribution in [0, 0.1) is 0 Å². The van der Waals surface area contributed by atoms with E-state index >= 15 is 0 Å². The first-order chi connectivity index (χ1) is 9.10. The van der Waals surface area contributed by atoms with Crippen molar-refractivity contribution in [2.75, 3.05) is 13.7 Å². The van der Waals surface area contributed by atoms with E-state index in [0.717, 1.165) is 0 Å². The second-order valence-corrected chi connectivity index (χ2v) is 3.93. The first-order valence-electron chi connectivity index (χ1n) is 5.65. The second-order valence-electron chi connectivity index (χ2n) is 3.93. The van der Waals surface area contributed by atoms with Gasteiger partial charge in [0.15, 0.2) is 6.61 Å². The van der Waals surface area contributed by atoms with Gasteiger partial charge in [-0.3, -0.25) is 14.9 Å². The van der Waals surface area contributed by atoms with Crippen molar-refractivity contribution in [3.8, 4) is 5.75 Å². The monoisotopic (exact) mass is 263 g/mol. The van der Waals surface area contributed by atoms with Gasteiger partial charge < -0.3 is 15.4 Å². The number of amides is 4. The molecule has 2 rings (SSSR count). The molecule has 0 bridgehead atoms. The minimum Gasteiger partial charge on any atom is -0.484 e. The van der Waals surface area contributed by atoms with E-state index in [1.165, 1.54) is 7.05 Å². The van der Waals surface area contributed by atoms with Crippen LogP contribution < -0.4 is 20.7 Å². The Kier molecular flexibility index (Phi) is 3.65. The van der Waals surface area contributed by atoms with Gasteiger partial charge in [-0.2, -0.15) is 0 Å². The number of nitrogens with one attached hydrogen (secondary N) is 3. The normalized spacial score (nSPS) is 17.6. The molecule has 0 spiro atoms. The van der Waals surface area contributed by atoms with Crippen molar-refractivity contribution in [2.24, 2.45) is 0 Å². The van der Waals surface area contributed by atoms with Gasteiger partial charge in [-0.1, -0.05) is 12.1 Å². The molecule has 0 aliphatic carbocycles. The van der Waals surface area contributed by atoms with Crippen molar-refractivity contribution >= 4 is 17.8 Å². The Morgan fingerprint density at radius 3 is 2.53 bits per heavy atom. The van der Waals surface area contributed by atoms with E-state index in [4.69, 9.17) is 4.74 Å². The summed E-state index contributed by atoms with van der Waals surface area (Å²) in [5.41, 5.74) is 0.649. The van der Waals surface area contributed by atoms with Crippen molar-refractivity contribution in [2.45, 2.75) is 6.04 Å². The fraction of sp³-hybridized carbons (Fsp3) is 0.250. The number of ether oxygens (including phenoxy) is 1. The predicted molar refractivity (Wildman–Crippen MR) is 65.4 cm³/mol. The maximum absolute atomic E-state index is 11.4. The molecule has 19 heavy (non-hydrogen) atoms. The quantitative estimate of drug-likeness (QED) is 0.649. The van der Waals surface area contributed by atoms with Gasteiger partial charge in [0.2, 0.25) is 0 Å². The van der Waals surface area contributed by atoms with Gasteiger partial charge >= 0.3 is 6.03 Å². The Balaban J connectivity index is 2.00. The van der Waals surface area contributed by atoms with E-state index in [1.54, 1.807) is 24.3 Å². The molecule has 0 aromatic heterocycles. The molecule has 1 saturated heterocycles. The topological polar surface area (TPSA) is 96.5 Å². The third-order valence-electron chi connectivity index (χ3n) is 2.64. The summed E-state index contributed by atoms with van der Waals surface area (Å²) >= 11 is 0. The Morgan fingerprint density at radius 2 is 2.00 bits per heavy atom. The molecule has 7 nitrogen and oxygen atoms in total. The van der Waals surface area contributed by atoms with Crippen LogP contribution in [0.1, 0.15) is 11.6 Å². The number of imide groups is 1. The Hall–Kier alpha value is -2.57. The Labute approximate surface area is 109 Å². The van der Waals surface area contributed by atoms with Gasteiger partial charge in [0.05, 0.1) is 0 Å². The fourth-order valence-corrected chi connectivity index (χ4v) is 1.63. The number of benzene rings is 1. The van der Waals surface area contributed by atoms with Crippen molar-refractivity contribution in [1.29, 1.82) is 0 Å². The number of carbonyl (C=O) groups excluding carboxylic acids is 3. The van der Waals surface area contributed by atoms with Crippen molar-refractivity contribution in [3.63, 3.8) is 0 Å². The third kappa shape index (κ3) is 3.01. The van der Waals surface area contributed by atoms with E-state index in [1.807, 2.05) is 0 Å². The van der Waals surface area contributed by atoms with Crippen LogP contribution in [-0.4, -0.2) is 31.5 Å². The third-order valence-corrected chi connectivity index (χ3v) is 2.64. The van der Waals surface area contributed by atoms with Crippen molar-refractivity contribution < 1.29 is 19.1 Å². The summed E-state index contributed by atoms with van der Waals surface area (Å²) in [6.45, 7) is -0.0729. The van der Waals surface area contributed by atoms with E-state index in [9.17, 15) is 14.4 Å². The molecule has 1 heterocycles. The maximum Gasteiger partial charge on any atom is 0.322 e. The molecule has 3 N–H and O–H groups in total. The molecule has 4 amide bonds. The first kappa shape index (κ1) is 12.9. The summed E-state index contributed by atoms with van der Waals surface area (Å²) in [6, 6.07) is 5.41. The van der Waals surface area contributed by atoms with Gasteiger partial charge in [-0.15, -0.1) is 0 Å². The molecule has 1 aromatic carbocycles. The molecule has 1 atom stereocenters. The molecule has 1 aromatic rings. The van der Waals surface area contributed by atoms with Gasteiger partial charge in [0.1, 0.15) is 11.8 Å². The van der Waals surface area contributed by atoms with E-state index in [0.29, 0.717) is 11.3 Å². The van der Waals surface area contributed by atoms with E-state index in [-0.39, 0.29) is 18.4 Å². The van der Waals surface area contributed by atoms with Crippen LogP contribution >= 0.6 is 0 Å². The smallest absolute Gasteiger partial charge is 0.322 e. The van der Waals surface area contributed by atoms with E-state index in [2.05, 4.69) is 16.0 Å². The molecule has 1 aliphatic heterocycles. The van der Waals surface area contributed by atoms with Crippen LogP contribution in [0.5, 0.6) is 5.75 Å². The number of hydrogen-bond donors (Lipinski definition) is 3. The number of rotatable bonds is 4. The number of urea groups is 1. The van der Waals surface area contributed by atoms with Crippen molar-refractivity contribution in [3.05, 3.63) is 29.8 Å². The highest BCUT2D eigenvalue weighted by molar-refractivity contribution is 6.04. The van der Waals surface area contributed by atoms with Gasteiger partial charge in [-0.25, -0.2) is 4.79 Å². The van der Waals surface area contributed by atoms with Crippen LogP contribution in [0.25, 0.3) is 0 Å². The Morgan fingerprint density at radius 1 is 1.32 bits per heavy atom. The summed E-state index contributed by atoms with van der Waals surface area (Å²) in [6.07, 6.45) is 0. The highest BCUT2D eigenvalue weighted by atomic mass is 16.5. The van der Waals surface area contributed by atoms with Crippen LogP contribution in [0.4, 0.5) is 4.79 Å². The highest BCUT2D eigenvalue weighted by Crippen LogP contribution is 2.20. The zero-order valence-corrected chi connectivity index (χ0v) is 10.2. The molecular formula is C12H13N3O4. The summed E-state index contributed by atoms with van der Waals surface area (Å²) in [7, 11) is 1.52.